The number of hydrogen-bond donors (Lipinski definition) is 1. The van der Waals surface area contributed by atoms with Crippen molar-refractivity contribution in [3.05, 3.63) is 22.8 Å². The minimum Gasteiger partial charge on any atom is -0.354 e. The van der Waals surface area contributed by atoms with E-state index < -0.39 is 0 Å². The summed E-state index contributed by atoms with van der Waals surface area (Å²) in [6, 6.07) is 2.58. The summed E-state index contributed by atoms with van der Waals surface area (Å²) in [6.07, 6.45) is 1.78. The van der Waals surface area contributed by atoms with Crippen molar-refractivity contribution in [3.63, 3.8) is 0 Å². The maximum absolute atomic E-state index is 6.25. The zero-order valence-electron chi connectivity index (χ0n) is 12.7. The first-order valence-electron chi connectivity index (χ1n) is 7.24. The third-order valence-electron chi connectivity index (χ3n) is 3.36. The van der Waals surface area contributed by atoms with E-state index in [4.69, 9.17) is 11.6 Å². The molecule has 1 aromatic heterocycles. The smallest absolute Gasteiger partial charge is 0.128 e. The summed E-state index contributed by atoms with van der Waals surface area (Å²) < 4.78 is 0. The molecule has 0 spiro atoms. The molecule has 1 saturated heterocycles. The van der Waals surface area contributed by atoms with Crippen molar-refractivity contribution in [1.29, 1.82) is 0 Å². The maximum atomic E-state index is 6.25. The van der Waals surface area contributed by atoms with Crippen molar-refractivity contribution in [1.82, 2.24) is 10.3 Å². The second-order valence-electron chi connectivity index (χ2n) is 5.83. The number of aromatic nitrogens is 1. The number of halogens is 1. The number of nitrogens with one attached hydrogen (secondary N) is 1. The van der Waals surface area contributed by atoms with Gasteiger partial charge in [0.1, 0.15) is 5.82 Å². The Labute approximate surface area is 131 Å². The van der Waals surface area contributed by atoms with E-state index in [1.165, 1.54) is 0 Å². The largest absolute Gasteiger partial charge is 0.354 e. The van der Waals surface area contributed by atoms with Crippen LogP contribution in [0.2, 0.25) is 5.02 Å². The number of anilines is 1. The monoisotopic (exact) mass is 313 g/mol. The van der Waals surface area contributed by atoms with Crippen LogP contribution in [0.25, 0.3) is 0 Å². The fourth-order valence-electron chi connectivity index (χ4n) is 2.46. The number of hydrogen-bond acceptors (Lipinski definition) is 4. The van der Waals surface area contributed by atoms with Gasteiger partial charge in [-0.1, -0.05) is 39.3 Å². The summed E-state index contributed by atoms with van der Waals surface area (Å²) in [5, 5.41) is 5.45. The average Bonchev–Trinajstić information content (AvgIpc) is 2.36. The van der Waals surface area contributed by atoms with Gasteiger partial charge in [0.25, 0.3) is 0 Å². The first-order valence-corrected chi connectivity index (χ1v) is 8.56. The summed E-state index contributed by atoms with van der Waals surface area (Å²) in [6.45, 7) is 11.7. The van der Waals surface area contributed by atoms with Crippen LogP contribution in [-0.2, 0) is 6.54 Å². The van der Waals surface area contributed by atoms with E-state index in [2.05, 4.69) is 60.7 Å². The summed E-state index contributed by atoms with van der Waals surface area (Å²) >= 11 is 8.30. The molecule has 0 amide bonds. The van der Waals surface area contributed by atoms with E-state index in [1.807, 2.05) is 0 Å². The van der Waals surface area contributed by atoms with Crippen molar-refractivity contribution in [2.45, 2.75) is 50.8 Å². The summed E-state index contributed by atoms with van der Waals surface area (Å²) in [5.74, 6) is 1.05. The van der Waals surface area contributed by atoms with E-state index >= 15 is 0 Å². The molecule has 2 unspecified atom stereocenters. The predicted octanol–water partition coefficient (Wildman–Crippen LogP) is 3.56. The summed E-state index contributed by atoms with van der Waals surface area (Å²) in [7, 11) is 0. The van der Waals surface area contributed by atoms with E-state index in [0.717, 1.165) is 36.0 Å². The lowest BCUT2D eigenvalue weighted by Gasteiger charge is -2.35. The van der Waals surface area contributed by atoms with E-state index in [0.29, 0.717) is 16.5 Å². The second-order valence-corrected chi connectivity index (χ2v) is 8.12. The molecule has 20 heavy (non-hydrogen) atoms. The number of thioether (sulfide) groups is 1. The Morgan fingerprint density at radius 3 is 2.65 bits per heavy atom. The lowest BCUT2D eigenvalue weighted by molar-refractivity contribution is 0.588. The normalized spacial score (nSPS) is 23.4. The molecule has 0 aliphatic carbocycles. The van der Waals surface area contributed by atoms with Crippen LogP contribution in [0, 0.1) is 0 Å². The van der Waals surface area contributed by atoms with Crippen molar-refractivity contribution in [3.8, 4) is 0 Å². The van der Waals surface area contributed by atoms with Crippen LogP contribution in [0.1, 0.15) is 33.3 Å². The molecular formula is C15H24ClN3S. The van der Waals surface area contributed by atoms with Crippen molar-refractivity contribution < 1.29 is 0 Å². The van der Waals surface area contributed by atoms with Crippen molar-refractivity contribution >= 4 is 29.2 Å². The van der Waals surface area contributed by atoms with Gasteiger partial charge in [-0.3, -0.25) is 0 Å². The van der Waals surface area contributed by atoms with Gasteiger partial charge in [-0.25, -0.2) is 4.98 Å². The number of pyridine rings is 1. The third-order valence-corrected chi connectivity index (χ3v) is 4.93. The molecule has 112 valence electrons. The van der Waals surface area contributed by atoms with Crippen LogP contribution in [0.4, 0.5) is 5.82 Å². The van der Waals surface area contributed by atoms with Gasteiger partial charge in [-0.2, -0.15) is 11.8 Å². The first-order chi connectivity index (χ1) is 9.45. The number of nitrogens with zero attached hydrogens (tertiary/aromatic N) is 2. The van der Waals surface area contributed by atoms with Gasteiger partial charge < -0.3 is 10.2 Å². The Balaban J connectivity index is 2.13. The highest BCUT2D eigenvalue weighted by atomic mass is 35.5. The van der Waals surface area contributed by atoms with Crippen LogP contribution in [0.3, 0.4) is 0 Å². The van der Waals surface area contributed by atoms with Crippen LogP contribution in [0.15, 0.2) is 12.3 Å². The highest BCUT2D eigenvalue weighted by Crippen LogP contribution is 2.29. The van der Waals surface area contributed by atoms with Gasteiger partial charge in [-0.15, -0.1) is 0 Å². The third kappa shape index (κ3) is 4.27. The number of rotatable bonds is 4. The zero-order valence-corrected chi connectivity index (χ0v) is 14.3. The topological polar surface area (TPSA) is 28.2 Å². The molecule has 2 atom stereocenters. The van der Waals surface area contributed by atoms with Gasteiger partial charge in [0.15, 0.2) is 0 Å². The molecule has 1 aliphatic heterocycles. The minimum absolute atomic E-state index is 0.453. The van der Waals surface area contributed by atoms with Crippen molar-refractivity contribution in [2.24, 2.45) is 0 Å². The fourth-order valence-corrected chi connectivity index (χ4v) is 3.95. The lowest BCUT2D eigenvalue weighted by Crippen LogP contribution is -2.40. The van der Waals surface area contributed by atoms with Crippen LogP contribution >= 0.6 is 23.4 Å². The molecule has 0 bridgehead atoms. The van der Waals surface area contributed by atoms with Crippen LogP contribution < -0.4 is 10.2 Å². The Bertz CT molecular complexity index is 443. The molecule has 0 aromatic carbocycles. The van der Waals surface area contributed by atoms with Crippen LogP contribution in [0.5, 0.6) is 0 Å². The lowest BCUT2D eigenvalue weighted by atomic mass is 10.2. The first kappa shape index (κ1) is 15.9. The fraction of sp³-hybridized carbons (Fsp3) is 0.667. The van der Waals surface area contributed by atoms with Gasteiger partial charge in [0, 0.05) is 42.4 Å². The average molecular weight is 314 g/mol. The molecule has 0 radical (unpaired) electrons. The second kappa shape index (κ2) is 7.01. The minimum atomic E-state index is 0.453. The van der Waals surface area contributed by atoms with Crippen LogP contribution in [-0.4, -0.2) is 34.6 Å². The molecule has 3 nitrogen and oxygen atoms in total. The quantitative estimate of drug-likeness (QED) is 0.920. The van der Waals surface area contributed by atoms with Crippen molar-refractivity contribution in [2.75, 3.05) is 18.0 Å². The molecule has 1 N–H and O–H groups in total. The van der Waals surface area contributed by atoms with Gasteiger partial charge >= 0.3 is 0 Å². The molecule has 0 saturated carbocycles. The van der Waals surface area contributed by atoms with E-state index in [1.54, 1.807) is 6.20 Å². The Morgan fingerprint density at radius 2 is 2.05 bits per heavy atom. The molecule has 1 aliphatic rings. The molecular weight excluding hydrogens is 290 g/mol. The van der Waals surface area contributed by atoms with Gasteiger partial charge in [0.2, 0.25) is 0 Å². The standard InChI is InChI=1S/C15H24ClN3S/c1-10(2)17-6-13-5-15(18-7-14(13)16)19-8-11(3)20-12(4)9-19/h5,7,10-12,17H,6,8-9H2,1-4H3. The van der Waals surface area contributed by atoms with Gasteiger partial charge in [0.05, 0.1) is 5.02 Å². The van der Waals surface area contributed by atoms with E-state index in [-0.39, 0.29) is 0 Å². The molecule has 5 heteroatoms. The Kier molecular flexibility index (Phi) is 5.58. The maximum Gasteiger partial charge on any atom is 0.128 e. The van der Waals surface area contributed by atoms with Gasteiger partial charge in [-0.05, 0) is 11.6 Å². The summed E-state index contributed by atoms with van der Waals surface area (Å²) in [4.78, 5) is 6.89. The molecule has 1 aromatic rings. The highest BCUT2D eigenvalue weighted by Gasteiger charge is 2.23. The Hall–Kier alpha value is -0.450. The molecule has 1 fully saturated rings. The SMILES string of the molecule is CC(C)NCc1cc(N2CC(C)SC(C)C2)ncc1Cl. The predicted molar refractivity (Wildman–Crippen MR) is 90.0 cm³/mol. The zero-order chi connectivity index (χ0) is 14.7. The Morgan fingerprint density at radius 1 is 1.40 bits per heavy atom. The molecule has 2 heterocycles. The van der Waals surface area contributed by atoms with E-state index in [9.17, 15) is 0 Å². The highest BCUT2D eigenvalue weighted by molar-refractivity contribution is 8.00. The molecule has 2 rings (SSSR count). The summed E-state index contributed by atoms with van der Waals surface area (Å²) in [5.41, 5.74) is 1.13.